The normalized spacial score (nSPS) is 11.5. The van der Waals surface area contributed by atoms with Crippen LogP contribution >= 0.6 is 0 Å². The van der Waals surface area contributed by atoms with Crippen LogP contribution in [0, 0.1) is 10.1 Å². The molecule has 9 heteroatoms. The number of carbonyl (C=O) groups excluding carboxylic acids is 2. The highest BCUT2D eigenvalue weighted by Gasteiger charge is 2.23. The molecule has 0 spiro atoms. The lowest BCUT2D eigenvalue weighted by Crippen LogP contribution is -2.30. The van der Waals surface area contributed by atoms with Gasteiger partial charge in [0.2, 0.25) is 0 Å². The average molecular weight is 380 g/mol. The van der Waals surface area contributed by atoms with E-state index >= 15 is 0 Å². The average Bonchev–Trinajstić information content (AvgIpc) is 3.19. The molecule has 0 radical (unpaired) electrons. The molecule has 9 nitrogen and oxygen atoms in total. The van der Waals surface area contributed by atoms with Crippen molar-refractivity contribution in [1.82, 2.24) is 10.2 Å². The van der Waals surface area contributed by atoms with E-state index < -0.39 is 22.9 Å². The Morgan fingerprint density at radius 1 is 1.18 bits per heavy atom. The fourth-order valence-corrected chi connectivity index (χ4v) is 2.48. The monoisotopic (exact) mass is 380 g/mol. The molecule has 0 fully saturated rings. The van der Waals surface area contributed by atoms with E-state index in [0.29, 0.717) is 5.69 Å². The maximum absolute atomic E-state index is 12.5. The molecule has 1 aromatic heterocycles. The Morgan fingerprint density at radius 2 is 1.93 bits per heavy atom. The van der Waals surface area contributed by atoms with Gasteiger partial charge in [0, 0.05) is 23.4 Å². The third-order valence-corrected chi connectivity index (χ3v) is 3.90. The van der Waals surface area contributed by atoms with Crippen LogP contribution in [0.3, 0.4) is 0 Å². The fourth-order valence-electron chi connectivity index (χ4n) is 2.48. The summed E-state index contributed by atoms with van der Waals surface area (Å²) >= 11 is 0. The van der Waals surface area contributed by atoms with Crippen LogP contribution in [0.25, 0.3) is 11.3 Å². The first-order chi connectivity index (χ1) is 13.5. The molecule has 0 bridgehead atoms. The second-order valence-electron chi connectivity index (χ2n) is 5.87. The number of hydrogen-bond acceptors (Lipinski definition) is 6. The van der Waals surface area contributed by atoms with Gasteiger partial charge in [-0.25, -0.2) is 4.79 Å². The van der Waals surface area contributed by atoms with E-state index in [-0.39, 0.29) is 16.9 Å². The minimum Gasteiger partial charge on any atom is -0.449 e. The molecule has 1 amide bonds. The third kappa shape index (κ3) is 4.21. The lowest BCUT2D eigenvalue weighted by Gasteiger charge is -2.13. The summed E-state index contributed by atoms with van der Waals surface area (Å²) in [5, 5.41) is 19.9. The van der Waals surface area contributed by atoms with Crippen LogP contribution in [0.5, 0.6) is 0 Å². The zero-order chi connectivity index (χ0) is 20.1. The van der Waals surface area contributed by atoms with Gasteiger partial charge in [-0.15, -0.1) is 0 Å². The molecule has 0 aliphatic carbocycles. The Labute approximate surface area is 159 Å². The number of nitro benzene ring substituents is 1. The van der Waals surface area contributed by atoms with Crippen LogP contribution < -0.4 is 5.32 Å². The van der Waals surface area contributed by atoms with Crippen molar-refractivity contribution in [3.05, 3.63) is 76.5 Å². The molecule has 0 aliphatic rings. The van der Waals surface area contributed by atoms with Crippen molar-refractivity contribution < 1.29 is 19.2 Å². The number of hydrogen-bond donors (Lipinski definition) is 2. The Balaban J connectivity index is 1.68. The highest BCUT2D eigenvalue weighted by molar-refractivity contribution is 5.99. The highest BCUT2D eigenvalue weighted by Crippen LogP contribution is 2.22. The lowest BCUT2D eigenvalue weighted by atomic mass is 10.1. The summed E-state index contributed by atoms with van der Waals surface area (Å²) in [4.78, 5) is 35.0. The zero-order valence-corrected chi connectivity index (χ0v) is 14.8. The highest BCUT2D eigenvalue weighted by atomic mass is 16.6. The predicted octanol–water partition coefficient (Wildman–Crippen LogP) is 3.17. The van der Waals surface area contributed by atoms with Crippen molar-refractivity contribution in [3.8, 4) is 11.3 Å². The van der Waals surface area contributed by atoms with Gasteiger partial charge in [0.15, 0.2) is 6.10 Å². The maximum Gasteiger partial charge on any atom is 0.342 e. The summed E-state index contributed by atoms with van der Waals surface area (Å²) in [6, 6.07) is 14.6. The van der Waals surface area contributed by atoms with Crippen molar-refractivity contribution >= 4 is 23.3 Å². The van der Waals surface area contributed by atoms with E-state index in [1.807, 2.05) is 30.3 Å². The number of ether oxygens (including phenoxy) is 1. The topological polar surface area (TPSA) is 127 Å². The summed E-state index contributed by atoms with van der Waals surface area (Å²) < 4.78 is 5.22. The molecular formula is C19H16N4O5. The quantitative estimate of drug-likeness (QED) is 0.384. The lowest BCUT2D eigenvalue weighted by molar-refractivity contribution is -0.384. The second-order valence-corrected chi connectivity index (χ2v) is 5.87. The SMILES string of the molecule is C[C@@H](OC(=O)c1cn[nH]c1-c1ccccc1)C(=O)Nc1cccc([N+](=O)[O-])c1. The van der Waals surface area contributed by atoms with Gasteiger partial charge >= 0.3 is 5.97 Å². The Morgan fingerprint density at radius 3 is 2.64 bits per heavy atom. The van der Waals surface area contributed by atoms with Gasteiger partial charge < -0.3 is 10.1 Å². The minimum atomic E-state index is -1.12. The van der Waals surface area contributed by atoms with Gasteiger partial charge in [0.1, 0.15) is 5.56 Å². The van der Waals surface area contributed by atoms with Crippen LogP contribution in [0.4, 0.5) is 11.4 Å². The fraction of sp³-hybridized carbons (Fsp3) is 0.105. The Bertz CT molecular complexity index is 1020. The molecule has 3 rings (SSSR count). The summed E-state index contributed by atoms with van der Waals surface area (Å²) in [5.74, 6) is -1.33. The molecule has 2 aromatic carbocycles. The summed E-state index contributed by atoms with van der Waals surface area (Å²) in [6.45, 7) is 1.41. The molecule has 142 valence electrons. The van der Waals surface area contributed by atoms with E-state index in [4.69, 9.17) is 4.74 Å². The van der Waals surface area contributed by atoms with Crippen molar-refractivity contribution in [1.29, 1.82) is 0 Å². The first-order valence-electron chi connectivity index (χ1n) is 8.31. The molecule has 0 saturated heterocycles. The minimum absolute atomic E-state index is 0.159. The van der Waals surface area contributed by atoms with Crippen molar-refractivity contribution in [2.24, 2.45) is 0 Å². The van der Waals surface area contributed by atoms with Crippen molar-refractivity contribution in [2.45, 2.75) is 13.0 Å². The van der Waals surface area contributed by atoms with E-state index in [1.54, 1.807) is 0 Å². The number of esters is 1. The molecule has 1 atom stereocenters. The Hall–Kier alpha value is -4.01. The number of nitrogens with zero attached hydrogens (tertiary/aromatic N) is 2. The molecule has 3 aromatic rings. The van der Waals surface area contributed by atoms with Crippen LogP contribution in [0.2, 0.25) is 0 Å². The molecule has 0 saturated carbocycles. The van der Waals surface area contributed by atoms with Crippen molar-refractivity contribution in [2.75, 3.05) is 5.32 Å². The molecule has 0 aliphatic heterocycles. The van der Waals surface area contributed by atoms with Gasteiger partial charge in [-0.05, 0) is 13.0 Å². The second kappa shape index (κ2) is 8.12. The molecular weight excluding hydrogens is 364 g/mol. The number of nitro groups is 1. The van der Waals surface area contributed by atoms with Gasteiger partial charge in [-0.3, -0.25) is 20.0 Å². The molecule has 0 unspecified atom stereocenters. The van der Waals surface area contributed by atoms with E-state index in [1.165, 1.54) is 37.4 Å². The number of benzene rings is 2. The summed E-state index contributed by atoms with van der Waals surface area (Å²) in [7, 11) is 0. The number of aromatic nitrogens is 2. The van der Waals surface area contributed by atoms with Crippen molar-refractivity contribution in [3.63, 3.8) is 0 Å². The van der Waals surface area contributed by atoms with Crippen LogP contribution in [0.1, 0.15) is 17.3 Å². The number of rotatable bonds is 6. The van der Waals surface area contributed by atoms with E-state index in [9.17, 15) is 19.7 Å². The number of carbonyl (C=O) groups is 2. The number of nitrogens with one attached hydrogen (secondary N) is 2. The van der Waals surface area contributed by atoms with Crippen LogP contribution in [-0.4, -0.2) is 33.1 Å². The van der Waals surface area contributed by atoms with Gasteiger partial charge in [-0.1, -0.05) is 36.4 Å². The first kappa shape index (κ1) is 18.8. The number of anilines is 1. The molecule has 28 heavy (non-hydrogen) atoms. The number of aromatic amines is 1. The smallest absolute Gasteiger partial charge is 0.342 e. The zero-order valence-electron chi connectivity index (χ0n) is 14.8. The predicted molar refractivity (Wildman–Crippen MR) is 101 cm³/mol. The standard InChI is InChI=1S/C19H16N4O5/c1-12(18(24)21-14-8-5-9-15(10-14)23(26)27)28-19(25)16-11-20-22-17(16)13-6-3-2-4-7-13/h2-12H,1H3,(H,20,22)(H,21,24)/t12-/m1/s1. The Kier molecular flexibility index (Phi) is 5.45. The molecule has 2 N–H and O–H groups in total. The first-order valence-corrected chi connectivity index (χ1v) is 8.31. The maximum atomic E-state index is 12.5. The summed E-state index contributed by atoms with van der Waals surface area (Å²) in [5.41, 5.74) is 1.50. The van der Waals surface area contributed by atoms with Crippen LogP contribution in [0.15, 0.2) is 60.8 Å². The summed E-state index contributed by atoms with van der Waals surface area (Å²) in [6.07, 6.45) is 0.209. The van der Waals surface area contributed by atoms with Gasteiger partial charge in [0.05, 0.1) is 16.8 Å². The van der Waals surface area contributed by atoms with E-state index in [2.05, 4.69) is 15.5 Å². The number of H-pyrrole nitrogens is 1. The third-order valence-electron chi connectivity index (χ3n) is 3.90. The van der Waals surface area contributed by atoms with E-state index in [0.717, 1.165) is 5.56 Å². The largest absolute Gasteiger partial charge is 0.449 e. The molecule has 1 heterocycles. The number of non-ortho nitro benzene ring substituents is 1. The number of amides is 1. The van der Waals surface area contributed by atoms with Gasteiger partial charge in [-0.2, -0.15) is 5.10 Å². The van der Waals surface area contributed by atoms with Crippen LogP contribution in [-0.2, 0) is 9.53 Å². The van der Waals surface area contributed by atoms with Gasteiger partial charge in [0.25, 0.3) is 11.6 Å².